The van der Waals surface area contributed by atoms with Crippen LogP contribution in [0.2, 0.25) is 0 Å². The lowest BCUT2D eigenvalue weighted by Gasteiger charge is -2.05. The predicted octanol–water partition coefficient (Wildman–Crippen LogP) is 4.33. The summed E-state index contributed by atoms with van der Waals surface area (Å²) in [6.07, 6.45) is 3.74. The van der Waals surface area contributed by atoms with Gasteiger partial charge >= 0.3 is 0 Å². The molecule has 0 saturated carbocycles. The molecule has 0 aliphatic carbocycles. The van der Waals surface area contributed by atoms with Gasteiger partial charge in [0.1, 0.15) is 11.4 Å². The van der Waals surface area contributed by atoms with E-state index in [1.54, 1.807) is 12.3 Å². The molecule has 0 aliphatic rings. The largest absolute Gasteiger partial charge is 0.494 e. The number of aromatic amines is 1. The zero-order valence-electron chi connectivity index (χ0n) is 16.1. The zero-order chi connectivity index (χ0) is 19.8. The number of H-pyrrole nitrogens is 1. The number of carbonyl (C=O) groups excluding carboxylic acids is 1. The Morgan fingerprint density at radius 2 is 1.93 bits per heavy atom. The van der Waals surface area contributed by atoms with Gasteiger partial charge in [-0.3, -0.25) is 9.89 Å². The van der Waals surface area contributed by atoms with Gasteiger partial charge in [0.05, 0.1) is 18.5 Å². The summed E-state index contributed by atoms with van der Waals surface area (Å²) in [4.78, 5) is 12.2. The number of aromatic nitrogens is 2. The Kier molecular flexibility index (Phi) is 6.57. The molecule has 1 amide bonds. The van der Waals surface area contributed by atoms with Crippen molar-refractivity contribution in [1.29, 1.82) is 0 Å². The van der Waals surface area contributed by atoms with Gasteiger partial charge in [-0.2, -0.15) is 10.2 Å². The Hall–Kier alpha value is -3.41. The van der Waals surface area contributed by atoms with Crippen molar-refractivity contribution < 1.29 is 9.53 Å². The van der Waals surface area contributed by atoms with Crippen LogP contribution in [-0.4, -0.2) is 28.9 Å². The molecule has 6 heteroatoms. The fourth-order valence-electron chi connectivity index (χ4n) is 2.52. The number of hydrogen-bond acceptors (Lipinski definition) is 4. The summed E-state index contributed by atoms with van der Waals surface area (Å²) >= 11 is 0. The Morgan fingerprint density at radius 3 is 2.64 bits per heavy atom. The third kappa shape index (κ3) is 5.30. The average molecular weight is 376 g/mol. The summed E-state index contributed by atoms with van der Waals surface area (Å²) in [5.41, 5.74) is 6.53. The van der Waals surface area contributed by atoms with Crippen LogP contribution in [0.3, 0.4) is 0 Å². The van der Waals surface area contributed by atoms with E-state index in [1.807, 2.05) is 55.5 Å². The number of hydrogen-bond donors (Lipinski definition) is 2. The first kappa shape index (κ1) is 19.4. The smallest absolute Gasteiger partial charge is 0.289 e. The van der Waals surface area contributed by atoms with Gasteiger partial charge in [0.25, 0.3) is 5.91 Å². The highest BCUT2D eigenvalue weighted by Crippen LogP contribution is 2.21. The topological polar surface area (TPSA) is 79.4 Å². The number of benzene rings is 2. The first-order valence-corrected chi connectivity index (χ1v) is 9.34. The van der Waals surface area contributed by atoms with Crippen LogP contribution < -0.4 is 10.2 Å². The SMILES string of the molecule is CCCCOc1ccc(-c2cc(C(=O)N/N=C\c3ccc(C)cc3)[nH]n2)cc1. The van der Waals surface area contributed by atoms with E-state index in [-0.39, 0.29) is 5.91 Å². The second-order valence-electron chi connectivity index (χ2n) is 6.50. The third-order valence-corrected chi connectivity index (χ3v) is 4.20. The third-order valence-electron chi connectivity index (χ3n) is 4.20. The molecule has 2 aromatic carbocycles. The van der Waals surface area contributed by atoms with Gasteiger partial charge in [0.15, 0.2) is 0 Å². The van der Waals surface area contributed by atoms with E-state index in [0.717, 1.165) is 29.7 Å². The molecular weight excluding hydrogens is 352 g/mol. The fourth-order valence-corrected chi connectivity index (χ4v) is 2.52. The standard InChI is InChI=1S/C22H24N4O2/c1-3-4-13-28-19-11-9-18(10-12-19)20-14-21(25-24-20)22(27)26-23-15-17-7-5-16(2)6-8-17/h5-12,14-15H,3-4,13H2,1-2H3,(H,24,25)(H,26,27)/b23-15-. The Balaban J connectivity index is 1.58. The number of nitrogens with one attached hydrogen (secondary N) is 2. The lowest BCUT2D eigenvalue weighted by Crippen LogP contribution is -2.17. The molecule has 144 valence electrons. The number of ether oxygens (including phenoxy) is 1. The molecule has 0 bridgehead atoms. The lowest BCUT2D eigenvalue weighted by molar-refractivity contribution is 0.0950. The minimum Gasteiger partial charge on any atom is -0.494 e. The van der Waals surface area contributed by atoms with E-state index in [0.29, 0.717) is 18.0 Å². The molecule has 3 rings (SSSR count). The van der Waals surface area contributed by atoms with Crippen molar-refractivity contribution in [3.63, 3.8) is 0 Å². The van der Waals surface area contributed by atoms with E-state index in [4.69, 9.17) is 4.74 Å². The Morgan fingerprint density at radius 1 is 1.18 bits per heavy atom. The summed E-state index contributed by atoms with van der Waals surface area (Å²) in [5, 5.41) is 10.9. The van der Waals surface area contributed by atoms with Crippen LogP contribution >= 0.6 is 0 Å². The van der Waals surface area contributed by atoms with Gasteiger partial charge in [0, 0.05) is 5.56 Å². The van der Waals surface area contributed by atoms with E-state index < -0.39 is 0 Å². The molecular formula is C22H24N4O2. The van der Waals surface area contributed by atoms with E-state index in [9.17, 15) is 4.79 Å². The quantitative estimate of drug-likeness (QED) is 0.349. The number of amides is 1. The fraction of sp³-hybridized carbons (Fsp3) is 0.227. The average Bonchev–Trinajstić information content (AvgIpc) is 3.20. The number of carbonyl (C=O) groups is 1. The van der Waals surface area contributed by atoms with Crippen molar-refractivity contribution in [3.8, 4) is 17.0 Å². The monoisotopic (exact) mass is 376 g/mol. The lowest BCUT2D eigenvalue weighted by atomic mass is 10.1. The molecule has 0 aliphatic heterocycles. The number of aryl methyl sites for hydroxylation is 1. The van der Waals surface area contributed by atoms with Crippen molar-refractivity contribution in [2.24, 2.45) is 5.10 Å². The van der Waals surface area contributed by atoms with Crippen LogP contribution in [-0.2, 0) is 0 Å². The molecule has 28 heavy (non-hydrogen) atoms. The van der Waals surface area contributed by atoms with Crippen molar-refractivity contribution in [2.45, 2.75) is 26.7 Å². The Labute approximate surface area is 164 Å². The summed E-state index contributed by atoms with van der Waals surface area (Å²) in [7, 11) is 0. The molecule has 0 unspecified atom stereocenters. The summed E-state index contributed by atoms with van der Waals surface area (Å²) in [6, 6.07) is 17.2. The Bertz CT molecular complexity index is 928. The minimum atomic E-state index is -0.346. The molecule has 0 spiro atoms. The molecule has 2 N–H and O–H groups in total. The summed E-state index contributed by atoms with van der Waals surface area (Å²) in [5.74, 6) is 0.484. The number of rotatable bonds is 8. The molecule has 3 aromatic rings. The maximum absolute atomic E-state index is 12.2. The van der Waals surface area contributed by atoms with Crippen molar-refractivity contribution in [1.82, 2.24) is 15.6 Å². The van der Waals surface area contributed by atoms with Crippen LogP contribution in [0.4, 0.5) is 0 Å². The molecule has 6 nitrogen and oxygen atoms in total. The number of unbranched alkanes of at least 4 members (excludes halogenated alkanes) is 1. The molecule has 1 heterocycles. The van der Waals surface area contributed by atoms with Crippen LogP contribution in [0.15, 0.2) is 59.7 Å². The van der Waals surface area contributed by atoms with Gasteiger partial charge in [-0.25, -0.2) is 5.43 Å². The van der Waals surface area contributed by atoms with Crippen LogP contribution in [0.5, 0.6) is 5.75 Å². The van der Waals surface area contributed by atoms with Crippen molar-refractivity contribution in [2.75, 3.05) is 6.61 Å². The molecule has 0 saturated heterocycles. The van der Waals surface area contributed by atoms with Gasteiger partial charge < -0.3 is 4.74 Å². The minimum absolute atomic E-state index is 0.346. The first-order valence-electron chi connectivity index (χ1n) is 9.34. The molecule has 1 aromatic heterocycles. The zero-order valence-corrected chi connectivity index (χ0v) is 16.1. The maximum atomic E-state index is 12.2. The normalized spacial score (nSPS) is 10.9. The number of nitrogens with zero attached hydrogens (tertiary/aromatic N) is 2. The number of hydrazone groups is 1. The van der Waals surface area contributed by atoms with Crippen molar-refractivity contribution in [3.05, 3.63) is 71.4 Å². The van der Waals surface area contributed by atoms with Gasteiger partial charge in [-0.15, -0.1) is 0 Å². The molecule has 0 radical (unpaired) electrons. The maximum Gasteiger partial charge on any atom is 0.289 e. The van der Waals surface area contributed by atoms with Gasteiger partial charge in [-0.05, 0) is 49.2 Å². The second kappa shape index (κ2) is 9.50. The van der Waals surface area contributed by atoms with E-state index >= 15 is 0 Å². The molecule has 0 atom stereocenters. The first-order chi connectivity index (χ1) is 13.7. The van der Waals surface area contributed by atoms with E-state index in [2.05, 4.69) is 27.6 Å². The second-order valence-corrected chi connectivity index (χ2v) is 6.50. The molecule has 0 fully saturated rings. The van der Waals surface area contributed by atoms with E-state index in [1.165, 1.54) is 5.56 Å². The summed E-state index contributed by atoms with van der Waals surface area (Å²) < 4.78 is 5.66. The highest BCUT2D eigenvalue weighted by molar-refractivity contribution is 5.94. The van der Waals surface area contributed by atoms with Crippen LogP contribution in [0.1, 0.15) is 41.4 Å². The summed E-state index contributed by atoms with van der Waals surface area (Å²) in [6.45, 7) is 4.86. The van der Waals surface area contributed by atoms with Crippen LogP contribution in [0, 0.1) is 6.92 Å². The van der Waals surface area contributed by atoms with Gasteiger partial charge in [-0.1, -0.05) is 43.2 Å². The van der Waals surface area contributed by atoms with Crippen LogP contribution in [0.25, 0.3) is 11.3 Å². The van der Waals surface area contributed by atoms with Crippen molar-refractivity contribution >= 4 is 12.1 Å². The highest BCUT2D eigenvalue weighted by atomic mass is 16.5. The van der Waals surface area contributed by atoms with Gasteiger partial charge in [0.2, 0.25) is 0 Å². The highest BCUT2D eigenvalue weighted by Gasteiger charge is 2.10. The predicted molar refractivity (Wildman–Crippen MR) is 111 cm³/mol.